The van der Waals surface area contributed by atoms with Gasteiger partial charge in [0.05, 0.1) is 20.3 Å². The zero-order valence-electron chi connectivity index (χ0n) is 18.4. The fourth-order valence-corrected chi connectivity index (χ4v) is 2.86. The summed E-state index contributed by atoms with van der Waals surface area (Å²) in [5, 5.41) is 6.86. The first kappa shape index (κ1) is 23.7. The maximum Gasteiger partial charge on any atom is 0.191 e. The molecule has 0 aliphatic heterocycles. The van der Waals surface area contributed by atoms with E-state index < -0.39 is 0 Å². The lowest BCUT2D eigenvalue weighted by Crippen LogP contribution is -2.38. The number of aliphatic imine (C=N–C) groups is 1. The van der Waals surface area contributed by atoms with E-state index in [0.717, 1.165) is 43.5 Å². The van der Waals surface area contributed by atoms with Gasteiger partial charge in [0.25, 0.3) is 0 Å². The fourth-order valence-electron chi connectivity index (χ4n) is 2.86. The molecule has 0 bridgehead atoms. The van der Waals surface area contributed by atoms with Crippen molar-refractivity contribution in [1.82, 2.24) is 10.6 Å². The zero-order valence-corrected chi connectivity index (χ0v) is 18.4. The van der Waals surface area contributed by atoms with Gasteiger partial charge in [-0.2, -0.15) is 0 Å². The summed E-state index contributed by atoms with van der Waals surface area (Å²) in [7, 11) is 1.67. The van der Waals surface area contributed by atoms with Gasteiger partial charge in [0.2, 0.25) is 0 Å². The second-order valence-electron chi connectivity index (χ2n) is 6.75. The van der Waals surface area contributed by atoms with Gasteiger partial charge in [-0.25, -0.2) is 4.99 Å². The van der Waals surface area contributed by atoms with E-state index in [2.05, 4.69) is 28.8 Å². The predicted molar refractivity (Wildman–Crippen MR) is 122 cm³/mol. The van der Waals surface area contributed by atoms with Crippen LogP contribution in [-0.4, -0.2) is 39.4 Å². The van der Waals surface area contributed by atoms with Crippen molar-refractivity contribution in [1.29, 1.82) is 0 Å². The molecule has 0 heterocycles. The Morgan fingerprint density at radius 1 is 0.900 bits per heavy atom. The van der Waals surface area contributed by atoms with Crippen molar-refractivity contribution in [2.24, 2.45) is 4.99 Å². The smallest absolute Gasteiger partial charge is 0.191 e. The largest absolute Gasteiger partial charge is 0.497 e. The molecule has 164 valence electrons. The third kappa shape index (κ3) is 8.84. The normalized spacial score (nSPS) is 11.4. The van der Waals surface area contributed by atoms with Crippen LogP contribution in [-0.2, 0) is 29.2 Å². The molecule has 2 aromatic carbocycles. The molecule has 0 saturated heterocycles. The molecule has 0 aromatic heterocycles. The van der Waals surface area contributed by atoms with E-state index in [1.165, 1.54) is 11.1 Å². The highest BCUT2D eigenvalue weighted by Crippen LogP contribution is 2.12. The van der Waals surface area contributed by atoms with Crippen molar-refractivity contribution < 1.29 is 14.2 Å². The lowest BCUT2D eigenvalue weighted by Gasteiger charge is -2.15. The molecule has 0 aliphatic carbocycles. The molecule has 0 saturated carbocycles. The summed E-state index contributed by atoms with van der Waals surface area (Å²) in [6.45, 7) is 8.91. The van der Waals surface area contributed by atoms with E-state index in [4.69, 9.17) is 19.2 Å². The van der Waals surface area contributed by atoms with E-state index >= 15 is 0 Å². The SMILES string of the molecule is CCOCCCNC(=NCc1ccc(OC)cc1)NCc1ccccc1COCC. The molecule has 0 amide bonds. The Bertz CT molecular complexity index is 748. The lowest BCUT2D eigenvalue weighted by atomic mass is 10.1. The molecular weight excluding hydrogens is 378 g/mol. The number of ether oxygens (including phenoxy) is 3. The number of methoxy groups -OCH3 is 1. The van der Waals surface area contributed by atoms with Gasteiger partial charge in [0.1, 0.15) is 5.75 Å². The molecule has 6 nitrogen and oxygen atoms in total. The van der Waals surface area contributed by atoms with E-state index in [1.807, 2.05) is 44.2 Å². The number of rotatable bonds is 13. The van der Waals surface area contributed by atoms with Crippen LogP contribution < -0.4 is 15.4 Å². The topological polar surface area (TPSA) is 64.1 Å². The van der Waals surface area contributed by atoms with Crippen LogP contribution in [0.2, 0.25) is 0 Å². The minimum atomic E-state index is 0.589. The van der Waals surface area contributed by atoms with Gasteiger partial charge in [0.15, 0.2) is 5.96 Å². The van der Waals surface area contributed by atoms with Gasteiger partial charge in [-0.15, -0.1) is 0 Å². The van der Waals surface area contributed by atoms with Gasteiger partial charge in [-0.05, 0) is 49.1 Å². The fraction of sp³-hybridized carbons (Fsp3) is 0.458. The van der Waals surface area contributed by atoms with Crippen LogP contribution in [0.3, 0.4) is 0 Å². The molecule has 0 aliphatic rings. The van der Waals surface area contributed by atoms with Crippen molar-refractivity contribution in [3.8, 4) is 5.75 Å². The minimum absolute atomic E-state index is 0.589. The molecule has 2 rings (SSSR count). The number of hydrogen-bond donors (Lipinski definition) is 2. The summed E-state index contributed by atoms with van der Waals surface area (Å²) in [6, 6.07) is 16.3. The third-order valence-corrected chi connectivity index (χ3v) is 4.57. The highest BCUT2D eigenvalue weighted by atomic mass is 16.5. The Hall–Kier alpha value is -2.57. The molecule has 30 heavy (non-hydrogen) atoms. The molecular formula is C24H35N3O3. The zero-order chi connectivity index (χ0) is 21.4. The summed E-state index contributed by atoms with van der Waals surface area (Å²) in [5.41, 5.74) is 3.53. The Kier molecular flexibility index (Phi) is 11.4. The number of nitrogens with one attached hydrogen (secondary N) is 2. The summed E-state index contributed by atoms with van der Waals surface area (Å²) in [4.78, 5) is 4.76. The average Bonchev–Trinajstić information content (AvgIpc) is 2.79. The maximum atomic E-state index is 5.60. The molecule has 0 unspecified atom stereocenters. The van der Waals surface area contributed by atoms with Gasteiger partial charge >= 0.3 is 0 Å². The van der Waals surface area contributed by atoms with Gasteiger partial charge < -0.3 is 24.8 Å². The molecule has 0 radical (unpaired) electrons. The third-order valence-electron chi connectivity index (χ3n) is 4.57. The highest BCUT2D eigenvalue weighted by Gasteiger charge is 2.04. The van der Waals surface area contributed by atoms with Crippen molar-refractivity contribution in [2.75, 3.05) is 33.5 Å². The number of guanidine groups is 1. The van der Waals surface area contributed by atoms with E-state index in [1.54, 1.807) is 7.11 Å². The molecule has 0 spiro atoms. The van der Waals surface area contributed by atoms with Gasteiger partial charge in [-0.3, -0.25) is 0 Å². The first-order chi connectivity index (χ1) is 14.8. The number of hydrogen-bond acceptors (Lipinski definition) is 4. The van der Waals surface area contributed by atoms with Crippen LogP contribution in [0, 0.1) is 0 Å². The first-order valence-corrected chi connectivity index (χ1v) is 10.6. The maximum absolute atomic E-state index is 5.60. The number of nitrogens with zero attached hydrogens (tertiary/aromatic N) is 1. The lowest BCUT2D eigenvalue weighted by molar-refractivity contribution is 0.133. The van der Waals surface area contributed by atoms with Crippen molar-refractivity contribution in [3.05, 3.63) is 65.2 Å². The van der Waals surface area contributed by atoms with Crippen molar-refractivity contribution >= 4 is 5.96 Å². The standard InChI is InChI=1S/C24H35N3O3/c1-4-29-16-8-15-25-24(26-17-20-11-13-23(28-3)14-12-20)27-18-21-9-6-7-10-22(21)19-30-5-2/h6-7,9-14H,4-5,8,15-19H2,1-3H3,(H2,25,26,27). The Morgan fingerprint density at radius 2 is 1.63 bits per heavy atom. The van der Waals surface area contributed by atoms with Crippen molar-refractivity contribution in [2.45, 2.75) is 40.0 Å². The average molecular weight is 414 g/mol. The molecule has 6 heteroatoms. The molecule has 0 fully saturated rings. The van der Waals surface area contributed by atoms with Crippen LogP contribution in [0.25, 0.3) is 0 Å². The quantitative estimate of drug-likeness (QED) is 0.296. The van der Waals surface area contributed by atoms with Crippen LogP contribution >= 0.6 is 0 Å². The second kappa shape index (κ2) is 14.4. The van der Waals surface area contributed by atoms with Crippen LogP contribution in [0.5, 0.6) is 5.75 Å². The molecule has 2 N–H and O–H groups in total. The number of benzene rings is 2. The summed E-state index contributed by atoms with van der Waals surface area (Å²) in [6.07, 6.45) is 0.929. The Labute approximate surface area is 180 Å². The van der Waals surface area contributed by atoms with E-state index in [0.29, 0.717) is 26.3 Å². The Balaban J connectivity index is 1.99. The predicted octanol–water partition coefficient (Wildman–Crippen LogP) is 3.89. The van der Waals surface area contributed by atoms with Crippen LogP contribution in [0.15, 0.2) is 53.5 Å². The summed E-state index contributed by atoms with van der Waals surface area (Å²) in [5.74, 6) is 1.63. The van der Waals surface area contributed by atoms with Crippen LogP contribution in [0.1, 0.15) is 37.0 Å². The molecule has 2 aromatic rings. The van der Waals surface area contributed by atoms with E-state index in [9.17, 15) is 0 Å². The second-order valence-corrected chi connectivity index (χ2v) is 6.75. The summed E-state index contributed by atoms with van der Waals surface area (Å²) >= 11 is 0. The highest BCUT2D eigenvalue weighted by molar-refractivity contribution is 5.79. The van der Waals surface area contributed by atoms with Crippen molar-refractivity contribution in [3.63, 3.8) is 0 Å². The monoisotopic (exact) mass is 413 g/mol. The van der Waals surface area contributed by atoms with Crippen LogP contribution in [0.4, 0.5) is 0 Å². The summed E-state index contributed by atoms with van der Waals surface area (Å²) < 4.78 is 16.2. The minimum Gasteiger partial charge on any atom is -0.497 e. The Morgan fingerprint density at radius 3 is 2.33 bits per heavy atom. The van der Waals surface area contributed by atoms with Gasteiger partial charge in [-0.1, -0.05) is 36.4 Å². The van der Waals surface area contributed by atoms with Gasteiger partial charge in [0, 0.05) is 32.9 Å². The molecule has 0 atom stereocenters. The van der Waals surface area contributed by atoms with E-state index in [-0.39, 0.29) is 0 Å². The first-order valence-electron chi connectivity index (χ1n) is 10.6.